The molecule has 0 aliphatic carbocycles. The molecule has 3 nitrogen and oxygen atoms in total. The van der Waals surface area contributed by atoms with Crippen molar-refractivity contribution < 1.29 is 23.1 Å². The molecule has 0 aromatic heterocycles. The molecule has 6 heteroatoms. The van der Waals surface area contributed by atoms with Crippen molar-refractivity contribution in [2.75, 3.05) is 0 Å². The third-order valence-corrected chi connectivity index (χ3v) is 3.07. The first-order valence-corrected chi connectivity index (χ1v) is 5.76. The normalized spacial score (nSPS) is 19.8. The molecule has 1 aromatic rings. The van der Waals surface area contributed by atoms with Gasteiger partial charge in [-0.25, -0.2) is 0 Å². The molecular weight excluding hydrogens is 259 g/mol. The first-order valence-electron chi connectivity index (χ1n) is 5.76. The van der Waals surface area contributed by atoms with E-state index in [4.69, 9.17) is 0 Å². The Balaban J connectivity index is 2.52. The minimum Gasteiger partial charge on any atom is -0.369 e. The summed E-state index contributed by atoms with van der Waals surface area (Å²) in [5, 5.41) is 10.1. The zero-order chi connectivity index (χ0) is 14.6. The van der Waals surface area contributed by atoms with Crippen molar-refractivity contribution >= 4 is 5.91 Å². The van der Waals surface area contributed by atoms with Crippen LogP contribution in [0.3, 0.4) is 0 Å². The SMILES string of the molecule is CC(C)(C)N1C(=O)c2ccc(C(F)(F)F)cc2[C@@H]1O. The highest BCUT2D eigenvalue weighted by Crippen LogP contribution is 2.40. The van der Waals surface area contributed by atoms with Gasteiger partial charge in [0.1, 0.15) is 0 Å². The molecule has 19 heavy (non-hydrogen) atoms. The number of amides is 1. The van der Waals surface area contributed by atoms with Gasteiger partial charge in [0.05, 0.1) is 5.56 Å². The van der Waals surface area contributed by atoms with Gasteiger partial charge in [0, 0.05) is 16.7 Å². The predicted molar refractivity (Wildman–Crippen MR) is 62.3 cm³/mol. The van der Waals surface area contributed by atoms with Gasteiger partial charge in [-0.3, -0.25) is 4.79 Å². The van der Waals surface area contributed by atoms with E-state index in [1.165, 1.54) is 4.90 Å². The fourth-order valence-electron chi connectivity index (χ4n) is 2.20. The summed E-state index contributed by atoms with van der Waals surface area (Å²) in [6.07, 6.45) is -5.84. The summed E-state index contributed by atoms with van der Waals surface area (Å²) in [6.45, 7) is 5.14. The van der Waals surface area contributed by atoms with Crippen molar-refractivity contribution in [3.63, 3.8) is 0 Å². The highest BCUT2D eigenvalue weighted by atomic mass is 19.4. The molecule has 1 heterocycles. The van der Waals surface area contributed by atoms with Crippen LogP contribution in [-0.2, 0) is 6.18 Å². The molecular formula is C13H14F3NO2. The van der Waals surface area contributed by atoms with Gasteiger partial charge in [-0.2, -0.15) is 13.2 Å². The lowest BCUT2D eigenvalue weighted by atomic mass is 10.0. The molecule has 1 aliphatic heterocycles. The molecule has 1 atom stereocenters. The second-order valence-electron chi connectivity index (χ2n) is 5.52. The molecule has 1 amide bonds. The number of alkyl halides is 3. The van der Waals surface area contributed by atoms with Crippen molar-refractivity contribution in [2.45, 2.75) is 38.7 Å². The molecule has 0 unspecified atom stereocenters. The third-order valence-electron chi connectivity index (χ3n) is 3.07. The number of fused-ring (bicyclic) bond motifs is 1. The molecule has 104 valence electrons. The highest BCUT2D eigenvalue weighted by molar-refractivity contribution is 5.99. The minimum atomic E-state index is -4.49. The number of aliphatic hydroxyl groups excluding tert-OH is 1. The first kappa shape index (κ1) is 13.9. The van der Waals surface area contributed by atoms with Gasteiger partial charge < -0.3 is 10.0 Å². The van der Waals surface area contributed by atoms with Crippen molar-refractivity contribution in [1.82, 2.24) is 4.90 Å². The molecule has 2 rings (SSSR count). The van der Waals surface area contributed by atoms with Gasteiger partial charge in [0.15, 0.2) is 6.23 Å². The van der Waals surface area contributed by atoms with E-state index in [-0.39, 0.29) is 11.1 Å². The van der Waals surface area contributed by atoms with Gasteiger partial charge in [-0.05, 0) is 39.0 Å². The van der Waals surface area contributed by atoms with Crippen LogP contribution in [0, 0.1) is 0 Å². The second kappa shape index (κ2) is 3.96. The predicted octanol–water partition coefficient (Wildman–Crippen LogP) is 2.95. The summed E-state index contributed by atoms with van der Waals surface area (Å²) in [5.74, 6) is -0.455. The third kappa shape index (κ3) is 2.20. The average Bonchev–Trinajstić information content (AvgIpc) is 2.49. The van der Waals surface area contributed by atoms with E-state index in [9.17, 15) is 23.1 Å². The van der Waals surface area contributed by atoms with Crippen LogP contribution in [0.5, 0.6) is 0 Å². The van der Waals surface area contributed by atoms with Crippen LogP contribution in [0.2, 0.25) is 0 Å². The van der Waals surface area contributed by atoms with Gasteiger partial charge in [-0.1, -0.05) is 0 Å². The van der Waals surface area contributed by atoms with Gasteiger partial charge >= 0.3 is 6.18 Å². The molecule has 0 bridgehead atoms. The maximum absolute atomic E-state index is 12.6. The van der Waals surface area contributed by atoms with E-state index >= 15 is 0 Å². The number of aliphatic hydroxyl groups is 1. The molecule has 1 N–H and O–H groups in total. The Kier molecular flexibility index (Phi) is 2.89. The zero-order valence-electron chi connectivity index (χ0n) is 10.7. The van der Waals surface area contributed by atoms with E-state index in [1.54, 1.807) is 20.8 Å². The Labute approximate surface area is 108 Å². The van der Waals surface area contributed by atoms with Crippen LogP contribution in [0.1, 0.15) is 48.5 Å². The molecule has 0 radical (unpaired) electrons. The van der Waals surface area contributed by atoms with Gasteiger partial charge in [0.25, 0.3) is 5.91 Å². The Morgan fingerprint density at radius 3 is 2.26 bits per heavy atom. The summed E-state index contributed by atoms with van der Waals surface area (Å²) in [7, 11) is 0. The van der Waals surface area contributed by atoms with Crippen molar-refractivity contribution in [3.8, 4) is 0 Å². The number of rotatable bonds is 0. The van der Waals surface area contributed by atoms with E-state index in [0.717, 1.165) is 18.2 Å². The summed E-state index contributed by atoms with van der Waals surface area (Å²) in [5.41, 5.74) is -1.41. The van der Waals surface area contributed by atoms with E-state index in [1.807, 2.05) is 0 Å². The largest absolute Gasteiger partial charge is 0.416 e. The Morgan fingerprint density at radius 2 is 1.79 bits per heavy atom. The quantitative estimate of drug-likeness (QED) is 0.789. The van der Waals surface area contributed by atoms with Crippen LogP contribution in [-0.4, -0.2) is 21.5 Å². The van der Waals surface area contributed by atoms with E-state index in [0.29, 0.717) is 0 Å². The number of hydrogen-bond acceptors (Lipinski definition) is 2. The number of hydrogen-bond donors (Lipinski definition) is 1. The molecule has 0 saturated carbocycles. The Morgan fingerprint density at radius 1 is 1.21 bits per heavy atom. The zero-order valence-corrected chi connectivity index (χ0v) is 10.7. The van der Waals surface area contributed by atoms with Crippen LogP contribution >= 0.6 is 0 Å². The lowest BCUT2D eigenvalue weighted by Gasteiger charge is -2.34. The number of benzene rings is 1. The van der Waals surface area contributed by atoms with Crippen LogP contribution < -0.4 is 0 Å². The second-order valence-corrected chi connectivity index (χ2v) is 5.52. The lowest BCUT2D eigenvalue weighted by molar-refractivity contribution is -0.137. The number of carbonyl (C=O) groups is 1. The topological polar surface area (TPSA) is 40.5 Å². The highest BCUT2D eigenvalue weighted by Gasteiger charge is 2.43. The molecule has 0 fully saturated rings. The summed E-state index contributed by atoms with van der Waals surface area (Å²) in [4.78, 5) is 13.3. The minimum absolute atomic E-state index is 0.00903. The fourth-order valence-corrected chi connectivity index (χ4v) is 2.20. The summed E-state index contributed by atoms with van der Waals surface area (Å²) < 4.78 is 37.9. The standard InChI is InChI=1S/C13H14F3NO2/c1-12(2,3)17-10(18)8-5-4-7(13(14,15)16)6-9(8)11(17)19/h4-6,11,19H,1-3H3/t11-/m0/s1. The number of halogens is 3. The van der Waals surface area contributed by atoms with E-state index in [2.05, 4.69) is 0 Å². The molecule has 1 aromatic carbocycles. The molecule has 0 saturated heterocycles. The average molecular weight is 273 g/mol. The summed E-state index contributed by atoms with van der Waals surface area (Å²) in [6, 6.07) is 2.81. The molecule has 1 aliphatic rings. The summed E-state index contributed by atoms with van der Waals surface area (Å²) >= 11 is 0. The van der Waals surface area contributed by atoms with Gasteiger partial charge in [-0.15, -0.1) is 0 Å². The first-order chi connectivity index (χ1) is 8.53. The number of nitrogens with zero attached hydrogens (tertiary/aromatic N) is 1. The van der Waals surface area contributed by atoms with E-state index < -0.39 is 29.4 Å². The number of carbonyl (C=O) groups excluding carboxylic acids is 1. The maximum Gasteiger partial charge on any atom is 0.416 e. The fraction of sp³-hybridized carbons (Fsp3) is 0.462. The smallest absolute Gasteiger partial charge is 0.369 e. The van der Waals surface area contributed by atoms with Crippen molar-refractivity contribution in [3.05, 3.63) is 34.9 Å². The Hall–Kier alpha value is -1.56. The van der Waals surface area contributed by atoms with Crippen molar-refractivity contribution in [2.24, 2.45) is 0 Å². The molecule has 0 spiro atoms. The lowest BCUT2D eigenvalue weighted by Crippen LogP contribution is -2.43. The maximum atomic E-state index is 12.6. The van der Waals surface area contributed by atoms with Crippen molar-refractivity contribution in [1.29, 1.82) is 0 Å². The van der Waals surface area contributed by atoms with Crippen LogP contribution in [0.15, 0.2) is 18.2 Å². The monoisotopic (exact) mass is 273 g/mol. The van der Waals surface area contributed by atoms with Gasteiger partial charge in [0.2, 0.25) is 0 Å². The van der Waals surface area contributed by atoms with Crippen LogP contribution in [0.4, 0.5) is 13.2 Å². The Bertz CT molecular complexity index is 532. The van der Waals surface area contributed by atoms with Crippen LogP contribution in [0.25, 0.3) is 0 Å².